The standard InChI is InChI=1S/C14H21N3O2/c18-14(12-9-13(19-17-12)11-1-2-11)16-8-5-10-3-6-15-7-4-10/h9-11,15H,1-8H2,(H,16,18). The van der Waals surface area contributed by atoms with E-state index in [2.05, 4.69) is 15.8 Å². The molecule has 0 radical (unpaired) electrons. The Morgan fingerprint density at radius 1 is 1.37 bits per heavy atom. The number of carbonyl (C=O) groups excluding carboxylic acids is 1. The second kappa shape index (κ2) is 5.74. The summed E-state index contributed by atoms with van der Waals surface area (Å²) in [5.74, 6) is 2.00. The molecule has 2 heterocycles. The van der Waals surface area contributed by atoms with Gasteiger partial charge in [0.25, 0.3) is 5.91 Å². The predicted molar refractivity (Wildman–Crippen MR) is 71.0 cm³/mol. The molecular formula is C14H21N3O2. The summed E-state index contributed by atoms with van der Waals surface area (Å²) in [6.45, 7) is 2.94. The largest absolute Gasteiger partial charge is 0.360 e. The molecule has 104 valence electrons. The maximum absolute atomic E-state index is 11.9. The zero-order chi connectivity index (χ0) is 13.1. The van der Waals surface area contributed by atoms with E-state index in [4.69, 9.17) is 4.52 Å². The molecule has 1 amide bonds. The van der Waals surface area contributed by atoms with Crippen LogP contribution in [0.2, 0.25) is 0 Å². The highest BCUT2D eigenvalue weighted by molar-refractivity contribution is 5.92. The van der Waals surface area contributed by atoms with E-state index in [0.717, 1.165) is 50.6 Å². The Kier molecular flexibility index (Phi) is 3.82. The number of amides is 1. The van der Waals surface area contributed by atoms with Gasteiger partial charge in [0.2, 0.25) is 0 Å². The normalized spacial score (nSPS) is 20.4. The smallest absolute Gasteiger partial charge is 0.273 e. The summed E-state index contributed by atoms with van der Waals surface area (Å²) in [7, 11) is 0. The number of aromatic nitrogens is 1. The lowest BCUT2D eigenvalue weighted by Crippen LogP contribution is -2.31. The molecule has 2 N–H and O–H groups in total. The first-order valence-corrected chi connectivity index (χ1v) is 7.28. The van der Waals surface area contributed by atoms with Crippen molar-refractivity contribution in [1.82, 2.24) is 15.8 Å². The van der Waals surface area contributed by atoms with Crippen molar-refractivity contribution in [2.75, 3.05) is 19.6 Å². The van der Waals surface area contributed by atoms with E-state index in [-0.39, 0.29) is 5.91 Å². The molecule has 2 fully saturated rings. The van der Waals surface area contributed by atoms with Crippen LogP contribution in [0.15, 0.2) is 10.6 Å². The van der Waals surface area contributed by atoms with Crippen LogP contribution in [0.1, 0.15) is 54.3 Å². The molecule has 1 saturated heterocycles. The summed E-state index contributed by atoms with van der Waals surface area (Å²) in [5, 5.41) is 10.1. The van der Waals surface area contributed by atoms with Gasteiger partial charge in [-0.1, -0.05) is 5.16 Å². The third kappa shape index (κ3) is 3.35. The lowest BCUT2D eigenvalue weighted by atomic mass is 9.95. The Morgan fingerprint density at radius 2 is 2.16 bits per heavy atom. The maximum Gasteiger partial charge on any atom is 0.273 e. The average Bonchev–Trinajstić information content (AvgIpc) is 3.17. The number of hydrogen-bond donors (Lipinski definition) is 2. The van der Waals surface area contributed by atoms with E-state index in [1.54, 1.807) is 6.07 Å². The minimum absolute atomic E-state index is 0.107. The zero-order valence-electron chi connectivity index (χ0n) is 11.2. The predicted octanol–water partition coefficient (Wildman–Crippen LogP) is 1.67. The summed E-state index contributed by atoms with van der Waals surface area (Å²) in [4.78, 5) is 11.9. The monoisotopic (exact) mass is 263 g/mol. The number of nitrogens with zero attached hydrogens (tertiary/aromatic N) is 1. The van der Waals surface area contributed by atoms with Crippen molar-refractivity contribution in [1.29, 1.82) is 0 Å². The minimum Gasteiger partial charge on any atom is -0.360 e. The van der Waals surface area contributed by atoms with Gasteiger partial charge in [-0.25, -0.2) is 0 Å². The van der Waals surface area contributed by atoms with Crippen LogP contribution in [0, 0.1) is 5.92 Å². The van der Waals surface area contributed by atoms with Crippen molar-refractivity contribution >= 4 is 5.91 Å². The van der Waals surface area contributed by atoms with E-state index in [9.17, 15) is 4.79 Å². The second-order valence-electron chi connectivity index (χ2n) is 5.63. The molecule has 0 atom stereocenters. The fraction of sp³-hybridized carbons (Fsp3) is 0.714. The summed E-state index contributed by atoms with van der Waals surface area (Å²) in [6, 6.07) is 1.79. The summed E-state index contributed by atoms with van der Waals surface area (Å²) in [6.07, 6.45) is 5.80. The molecule has 5 nitrogen and oxygen atoms in total. The number of rotatable bonds is 5. The summed E-state index contributed by atoms with van der Waals surface area (Å²) >= 11 is 0. The Bertz CT molecular complexity index is 434. The van der Waals surface area contributed by atoms with Gasteiger partial charge in [-0.05, 0) is 51.1 Å². The molecule has 0 bridgehead atoms. The first-order chi connectivity index (χ1) is 9.33. The molecule has 1 aliphatic heterocycles. The van der Waals surface area contributed by atoms with Crippen molar-refractivity contribution in [3.05, 3.63) is 17.5 Å². The summed E-state index contributed by atoms with van der Waals surface area (Å²) in [5.41, 5.74) is 0.423. The van der Waals surface area contributed by atoms with E-state index in [1.807, 2.05) is 0 Å². The second-order valence-corrected chi connectivity index (χ2v) is 5.63. The Balaban J connectivity index is 1.42. The highest BCUT2D eigenvalue weighted by Crippen LogP contribution is 2.40. The number of hydrogen-bond acceptors (Lipinski definition) is 4. The molecular weight excluding hydrogens is 242 g/mol. The van der Waals surface area contributed by atoms with Crippen LogP contribution in [-0.2, 0) is 0 Å². The van der Waals surface area contributed by atoms with Gasteiger partial charge in [-0.3, -0.25) is 4.79 Å². The maximum atomic E-state index is 11.9. The lowest BCUT2D eigenvalue weighted by Gasteiger charge is -2.22. The Morgan fingerprint density at radius 3 is 2.89 bits per heavy atom. The van der Waals surface area contributed by atoms with Gasteiger partial charge in [0.05, 0.1) is 0 Å². The number of piperidine rings is 1. The third-order valence-corrected chi connectivity index (χ3v) is 4.04. The van der Waals surface area contributed by atoms with Crippen molar-refractivity contribution < 1.29 is 9.32 Å². The molecule has 0 unspecified atom stereocenters. The highest BCUT2D eigenvalue weighted by Gasteiger charge is 2.28. The highest BCUT2D eigenvalue weighted by atomic mass is 16.5. The molecule has 5 heteroatoms. The van der Waals surface area contributed by atoms with Crippen LogP contribution in [0.3, 0.4) is 0 Å². The molecule has 0 spiro atoms. The van der Waals surface area contributed by atoms with E-state index in [0.29, 0.717) is 11.6 Å². The fourth-order valence-corrected chi connectivity index (χ4v) is 2.61. The quantitative estimate of drug-likeness (QED) is 0.848. The molecule has 1 aliphatic carbocycles. The molecule has 0 aromatic carbocycles. The van der Waals surface area contributed by atoms with E-state index < -0.39 is 0 Å². The minimum atomic E-state index is -0.107. The van der Waals surface area contributed by atoms with Gasteiger partial charge in [0, 0.05) is 18.5 Å². The molecule has 2 aliphatic rings. The van der Waals surface area contributed by atoms with Crippen LogP contribution >= 0.6 is 0 Å². The van der Waals surface area contributed by atoms with Gasteiger partial charge in [0.15, 0.2) is 5.69 Å². The zero-order valence-corrected chi connectivity index (χ0v) is 11.2. The SMILES string of the molecule is O=C(NCCC1CCNCC1)c1cc(C2CC2)on1. The van der Waals surface area contributed by atoms with Crippen LogP contribution < -0.4 is 10.6 Å². The molecule has 1 aromatic heterocycles. The van der Waals surface area contributed by atoms with Crippen molar-refractivity contribution in [2.45, 2.75) is 38.0 Å². The van der Waals surface area contributed by atoms with Crippen LogP contribution in [-0.4, -0.2) is 30.7 Å². The van der Waals surface area contributed by atoms with Crippen molar-refractivity contribution in [3.63, 3.8) is 0 Å². The molecule has 1 saturated carbocycles. The topological polar surface area (TPSA) is 67.2 Å². The van der Waals surface area contributed by atoms with Gasteiger partial charge in [-0.2, -0.15) is 0 Å². The summed E-state index contributed by atoms with van der Waals surface area (Å²) < 4.78 is 5.19. The van der Waals surface area contributed by atoms with Gasteiger partial charge in [0.1, 0.15) is 5.76 Å². The average molecular weight is 263 g/mol. The number of carbonyl (C=O) groups is 1. The van der Waals surface area contributed by atoms with Crippen LogP contribution in [0.4, 0.5) is 0 Å². The van der Waals surface area contributed by atoms with Gasteiger partial charge in [-0.15, -0.1) is 0 Å². The van der Waals surface area contributed by atoms with Crippen molar-refractivity contribution in [2.24, 2.45) is 5.92 Å². The van der Waals surface area contributed by atoms with Crippen molar-refractivity contribution in [3.8, 4) is 0 Å². The lowest BCUT2D eigenvalue weighted by molar-refractivity contribution is 0.0941. The first kappa shape index (κ1) is 12.7. The number of nitrogens with one attached hydrogen (secondary N) is 2. The van der Waals surface area contributed by atoms with Gasteiger partial charge >= 0.3 is 0 Å². The molecule has 19 heavy (non-hydrogen) atoms. The van der Waals surface area contributed by atoms with E-state index in [1.165, 1.54) is 12.8 Å². The van der Waals surface area contributed by atoms with Crippen LogP contribution in [0.25, 0.3) is 0 Å². The molecule has 1 aromatic rings. The van der Waals surface area contributed by atoms with Gasteiger partial charge < -0.3 is 15.2 Å². The third-order valence-electron chi connectivity index (χ3n) is 4.04. The fourth-order valence-electron chi connectivity index (χ4n) is 2.61. The Hall–Kier alpha value is -1.36. The Labute approximate surface area is 113 Å². The first-order valence-electron chi connectivity index (χ1n) is 7.28. The molecule has 3 rings (SSSR count). The van der Waals surface area contributed by atoms with E-state index >= 15 is 0 Å². The van der Waals surface area contributed by atoms with Crippen LogP contribution in [0.5, 0.6) is 0 Å².